The Morgan fingerprint density at radius 2 is 0.640 bits per heavy atom. The Morgan fingerprint density at radius 1 is 0.302 bits per heavy atom. The van der Waals surface area contributed by atoms with Crippen LogP contribution < -0.4 is 21.6 Å². The van der Waals surface area contributed by atoms with Gasteiger partial charge in [-0.2, -0.15) is 0 Å². The first kappa shape index (κ1) is 55.7. The number of carbonyl (C=O) groups excluding carboxylic acids is 3. The standard InChI is InChI=1S/2C21H15NO2.C18H13N3O3.C11H8O3/c23-20-13-16-8-2-1-7-15(16)12-18(20)21(24)22-19-11-5-9-14-6-3-4-10-17(14)19;23-20-13-17-8-4-3-7-16(17)12-19(20)21(24)22-18-10-9-14-5-1-2-6-15(14)11-18;22-16-8-11-4-2-1-3-10(11)7-13(16)17(23)19-12-5-6-14-15(9-12)21-18(24)20-14;12-10-6-8-4-2-1-3-7(8)5-9(10)11(13)14/h2*1-13,23H,(H,22,24);1-9,22H,(H,19,23)(H2,20,21,24);1-6,12H,(H,13,14). The molecule has 0 saturated heterocycles. The van der Waals surface area contributed by atoms with Gasteiger partial charge in [-0.1, -0.05) is 164 Å². The lowest BCUT2D eigenvalue weighted by Gasteiger charge is -2.10. The van der Waals surface area contributed by atoms with Crippen molar-refractivity contribution < 1.29 is 44.7 Å². The fraction of sp³-hybridized carbons (Fsp3) is 0. The van der Waals surface area contributed by atoms with E-state index in [1.54, 1.807) is 60.7 Å². The maximum absolute atomic E-state index is 12.7. The second-order valence-corrected chi connectivity index (χ2v) is 20.0. The Hall–Kier alpha value is -12.2. The predicted molar refractivity (Wildman–Crippen MR) is 340 cm³/mol. The lowest BCUT2D eigenvalue weighted by molar-refractivity contribution is 0.0693. The predicted octanol–water partition coefficient (Wildman–Crippen LogP) is 15.1. The number of nitrogens with one attached hydrogen (secondary N) is 5. The maximum atomic E-state index is 12.7. The second-order valence-electron chi connectivity index (χ2n) is 20.0. The summed E-state index contributed by atoms with van der Waals surface area (Å²) in [7, 11) is 0. The van der Waals surface area contributed by atoms with Crippen LogP contribution in [0.15, 0.2) is 254 Å². The summed E-state index contributed by atoms with van der Waals surface area (Å²) in [6.07, 6.45) is 0. The highest BCUT2D eigenvalue weighted by atomic mass is 16.4. The molecule has 0 bridgehead atoms. The van der Waals surface area contributed by atoms with Crippen molar-refractivity contribution in [1.82, 2.24) is 9.97 Å². The zero-order valence-electron chi connectivity index (χ0n) is 45.4. The van der Waals surface area contributed by atoms with E-state index >= 15 is 0 Å². The van der Waals surface area contributed by atoms with Gasteiger partial charge in [-0.25, -0.2) is 9.59 Å². The Balaban J connectivity index is 0.000000121. The van der Waals surface area contributed by atoms with Crippen molar-refractivity contribution in [1.29, 1.82) is 0 Å². The second kappa shape index (κ2) is 24.5. The number of aromatic nitrogens is 2. The number of carboxylic acids is 1. The van der Waals surface area contributed by atoms with Crippen molar-refractivity contribution in [2.24, 2.45) is 0 Å². The van der Waals surface area contributed by atoms with Crippen LogP contribution in [-0.2, 0) is 0 Å². The number of aromatic amines is 2. The van der Waals surface area contributed by atoms with Crippen molar-refractivity contribution in [3.8, 4) is 23.0 Å². The molecule has 14 aromatic rings. The van der Waals surface area contributed by atoms with Crippen molar-refractivity contribution in [3.05, 3.63) is 281 Å². The normalized spacial score (nSPS) is 10.8. The Bertz CT molecular complexity index is 5000. The Morgan fingerprint density at radius 3 is 1.10 bits per heavy atom. The van der Waals surface area contributed by atoms with Gasteiger partial charge in [-0.15, -0.1) is 0 Å². The minimum atomic E-state index is -1.12. The van der Waals surface area contributed by atoms with Gasteiger partial charge in [-0.3, -0.25) is 14.4 Å². The summed E-state index contributed by atoms with van der Waals surface area (Å²) in [5.41, 5.74) is 3.56. The van der Waals surface area contributed by atoms with Crippen LogP contribution in [0.2, 0.25) is 0 Å². The van der Waals surface area contributed by atoms with E-state index in [-0.39, 0.29) is 62.8 Å². The molecule has 0 aliphatic rings. The van der Waals surface area contributed by atoms with Crippen molar-refractivity contribution in [2.45, 2.75) is 0 Å². The molecule has 1 aromatic heterocycles. The quantitative estimate of drug-likeness (QED) is 0.0722. The van der Waals surface area contributed by atoms with E-state index in [2.05, 4.69) is 25.9 Å². The highest BCUT2D eigenvalue weighted by molar-refractivity contribution is 6.13. The number of fused-ring (bicyclic) bond motifs is 7. The first-order valence-corrected chi connectivity index (χ1v) is 26.9. The number of anilines is 3. The minimum Gasteiger partial charge on any atom is -0.507 e. The summed E-state index contributed by atoms with van der Waals surface area (Å²) in [5, 5.41) is 68.3. The van der Waals surface area contributed by atoms with Gasteiger partial charge in [0.25, 0.3) is 17.7 Å². The number of aromatic hydroxyl groups is 4. The van der Waals surface area contributed by atoms with E-state index in [1.807, 2.05) is 176 Å². The molecule has 3 amide bonds. The molecule has 1 heterocycles. The third-order valence-corrected chi connectivity index (χ3v) is 14.2. The number of benzene rings is 13. The molecule has 420 valence electrons. The molecular weight excluding hydrogens is 1080 g/mol. The number of phenols is 4. The van der Waals surface area contributed by atoms with Crippen LogP contribution in [0.3, 0.4) is 0 Å². The molecule has 15 nitrogen and oxygen atoms in total. The van der Waals surface area contributed by atoms with Gasteiger partial charge in [0.05, 0.1) is 27.7 Å². The molecule has 0 fully saturated rings. The van der Waals surface area contributed by atoms with E-state index < -0.39 is 11.9 Å². The first-order chi connectivity index (χ1) is 41.7. The molecule has 86 heavy (non-hydrogen) atoms. The molecule has 0 atom stereocenters. The number of rotatable bonds is 7. The van der Waals surface area contributed by atoms with E-state index in [4.69, 9.17) is 5.11 Å². The molecule has 0 aliphatic carbocycles. The number of hydrogen-bond donors (Lipinski definition) is 10. The van der Waals surface area contributed by atoms with Gasteiger partial charge in [-0.05, 0) is 144 Å². The third kappa shape index (κ3) is 12.5. The fourth-order valence-corrected chi connectivity index (χ4v) is 9.93. The molecule has 14 rings (SSSR count). The highest BCUT2D eigenvalue weighted by Gasteiger charge is 2.17. The van der Waals surface area contributed by atoms with Crippen LogP contribution in [0.5, 0.6) is 23.0 Å². The summed E-state index contributed by atoms with van der Waals surface area (Å²) in [6, 6.07) is 75.2. The van der Waals surface area contributed by atoms with Gasteiger partial charge in [0.1, 0.15) is 28.6 Å². The fourth-order valence-electron chi connectivity index (χ4n) is 9.93. The highest BCUT2D eigenvalue weighted by Crippen LogP contribution is 2.31. The SMILES string of the molecule is O=C(Nc1ccc2[nH]c(=O)[nH]c2c1)c1cc2ccccc2cc1O.O=C(Nc1ccc2ccccc2c1)c1cc2ccccc2cc1O.O=C(Nc1cccc2ccccc12)c1cc2ccccc2cc1O.O=C(O)c1cc2ccccc2cc1O. The number of carbonyl (C=O) groups is 4. The summed E-state index contributed by atoms with van der Waals surface area (Å²) < 4.78 is 0. The summed E-state index contributed by atoms with van der Waals surface area (Å²) in [5.74, 6) is -2.51. The Labute approximate surface area is 489 Å². The van der Waals surface area contributed by atoms with Crippen LogP contribution in [0.25, 0.3) is 75.7 Å². The van der Waals surface area contributed by atoms with Crippen LogP contribution in [0.1, 0.15) is 41.4 Å². The van der Waals surface area contributed by atoms with Gasteiger partial charge in [0.2, 0.25) is 0 Å². The van der Waals surface area contributed by atoms with Crippen LogP contribution in [0, 0.1) is 0 Å². The minimum absolute atomic E-state index is 0.0213. The molecule has 0 spiro atoms. The molecule has 13 aromatic carbocycles. The van der Waals surface area contributed by atoms with Gasteiger partial charge >= 0.3 is 11.7 Å². The monoisotopic (exact) mass is 1130 g/mol. The molecule has 15 heteroatoms. The molecular formula is C71H51N5O10. The number of amides is 3. The van der Waals surface area contributed by atoms with Crippen LogP contribution in [0.4, 0.5) is 17.1 Å². The number of carboxylic acid groups (broad SMARTS) is 1. The lowest BCUT2D eigenvalue weighted by atomic mass is 10.0. The summed E-state index contributed by atoms with van der Waals surface area (Å²) in [4.78, 5) is 64.9. The van der Waals surface area contributed by atoms with E-state index in [0.29, 0.717) is 22.4 Å². The van der Waals surface area contributed by atoms with Crippen LogP contribution in [-0.4, -0.2) is 59.2 Å². The van der Waals surface area contributed by atoms with Gasteiger partial charge in [0.15, 0.2) is 0 Å². The zero-order chi connectivity index (χ0) is 59.8. The summed E-state index contributed by atoms with van der Waals surface area (Å²) >= 11 is 0. The molecule has 0 saturated carbocycles. The molecule has 0 unspecified atom stereocenters. The number of hydrogen-bond acceptors (Lipinski definition) is 9. The van der Waals surface area contributed by atoms with Crippen LogP contribution >= 0.6 is 0 Å². The number of phenolic OH excluding ortho intramolecular Hbond substituents is 3. The van der Waals surface area contributed by atoms with Crippen molar-refractivity contribution in [2.75, 3.05) is 16.0 Å². The van der Waals surface area contributed by atoms with E-state index in [1.165, 1.54) is 12.1 Å². The van der Waals surface area contributed by atoms with Crippen molar-refractivity contribution >= 4 is 116 Å². The van der Waals surface area contributed by atoms with E-state index in [0.717, 1.165) is 70.3 Å². The zero-order valence-corrected chi connectivity index (χ0v) is 45.4. The number of aromatic carboxylic acids is 1. The summed E-state index contributed by atoms with van der Waals surface area (Å²) in [6.45, 7) is 0. The molecule has 10 N–H and O–H groups in total. The van der Waals surface area contributed by atoms with Gasteiger partial charge < -0.3 is 51.5 Å². The third-order valence-electron chi connectivity index (χ3n) is 14.2. The van der Waals surface area contributed by atoms with E-state index in [9.17, 15) is 44.4 Å². The number of imidazole rings is 1. The van der Waals surface area contributed by atoms with Crippen molar-refractivity contribution in [3.63, 3.8) is 0 Å². The lowest BCUT2D eigenvalue weighted by Crippen LogP contribution is -2.12. The average molecular weight is 1130 g/mol. The molecule has 0 radical (unpaired) electrons. The average Bonchev–Trinajstić information content (AvgIpc) is 3.48. The smallest absolute Gasteiger partial charge is 0.339 e. The van der Waals surface area contributed by atoms with Gasteiger partial charge in [0, 0.05) is 22.4 Å². The largest absolute Gasteiger partial charge is 0.507 e. The molecule has 0 aliphatic heterocycles. The first-order valence-electron chi connectivity index (χ1n) is 26.9. The maximum Gasteiger partial charge on any atom is 0.339 e. The topological polar surface area (TPSA) is 254 Å². The Kier molecular flexibility index (Phi) is 15.8. The number of H-pyrrole nitrogens is 2.